The number of nitrogens with zero attached hydrogens (tertiary/aromatic N) is 2. The number of anilines is 1. The average molecular weight is 403 g/mol. The number of para-hydroxylation sites is 1. The Bertz CT molecular complexity index is 1220. The topological polar surface area (TPSA) is 146 Å². The molecule has 0 spiro atoms. The summed E-state index contributed by atoms with van der Waals surface area (Å²) in [5, 5.41) is 31.8. The molecule has 0 aliphatic carbocycles. The molecule has 1 amide bonds. The molecule has 9 heteroatoms. The van der Waals surface area contributed by atoms with Crippen molar-refractivity contribution >= 4 is 29.3 Å². The zero-order chi connectivity index (χ0) is 21.7. The molecule has 0 saturated heterocycles. The van der Waals surface area contributed by atoms with Gasteiger partial charge in [-0.2, -0.15) is 5.26 Å². The van der Waals surface area contributed by atoms with E-state index in [9.17, 15) is 30.1 Å². The van der Waals surface area contributed by atoms with E-state index in [4.69, 9.17) is 4.42 Å². The molecule has 0 unspecified atom stereocenters. The number of carbonyl (C=O) groups excluding carboxylic acids is 1. The van der Waals surface area contributed by atoms with Gasteiger partial charge in [-0.15, -0.1) is 0 Å². The Morgan fingerprint density at radius 2 is 1.90 bits per heavy atom. The lowest BCUT2D eigenvalue weighted by molar-refractivity contribution is -0.384. The molecule has 9 nitrogen and oxygen atoms in total. The number of aromatic carboxylic acids is 1. The number of nitro benzene ring substituents is 1. The highest BCUT2D eigenvalue weighted by Gasteiger charge is 2.16. The number of hydrogen-bond acceptors (Lipinski definition) is 6. The summed E-state index contributed by atoms with van der Waals surface area (Å²) < 4.78 is 5.57. The molecule has 0 aliphatic heterocycles. The van der Waals surface area contributed by atoms with Crippen LogP contribution in [0.4, 0.5) is 11.4 Å². The largest absolute Gasteiger partial charge is 0.478 e. The van der Waals surface area contributed by atoms with Crippen LogP contribution in [0.5, 0.6) is 0 Å². The van der Waals surface area contributed by atoms with E-state index in [1.807, 2.05) is 0 Å². The number of nitriles is 1. The van der Waals surface area contributed by atoms with Crippen LogP contribution in [0, 0.1) is 21.4 Å². The molecule has 1 aromatic heterocycles. The Morgan fingerprint density at radius 3 is 2.60 bits per heavy atom. The molecule has 2 N–H and O–H groups in total. The molecule has 0 bridgehead atoms. The van der Waals surface area contributed by atoms with Crippen LogP contribution in [0.3, 0.4) is 0 Å². The number of nitrogens with one attached hydrogen (secondary N) is 1. The Labute approximate surface area is 169 Å². The molecule has 1 heterocycles. The van der Waals surface area contributed by atoms with Crippen molar-refractivity contribution in [1.29, 1.82) is 5.26 Å². The fraction of sp³-hybridized carbons (Fsp3) is 0. The highest BCUT2D eigenvalue weighted by atomic mass is 16.6. The van der Waals surface area contributed by atoms with E-state index in [-0.39, 0.29) is 28.3 Å². The van der Waals surface area contributed by atoms with Crippen LogP contribution in [-0.2, 0) is 4.79 Å². The summed E-state index contributed by atoms with van der Waals surface area (Å²) in [6, 6.07) is 16.4. The summed E-state index contributed by atoms with van der Waals surface area (Å²) in [7, 11) is 0. The van der Waals surface area contributed by atoms with Gasteiger partial charge in [0.15, 0.2) is 0 Å². The number of carbonyl (C=O) groups is 2. The molecular formula is C21H13N3O6. The van der Waals surface area contributed by atoms with Crippen molar-refractivity contribution in [2.75, 3.05) is 5.32 Å². The van der Waals surface area contributed by atoms with Gasteiger partial charge in [-0.25, -0.2) is 4.79 Å². The van der Waals surface area contributed by atoms with Gasteiger partial charge < -0.3 is 14.8 Å². The molecule has 3 aromatic rings. The van der Waals surface area contributed by atoms with Gasteiger partial charge in [0, 0.05) is 23.8 Å². The maximum atomic E-state index is 12.4. The van der Waals surface area contributed by atoms with Crippen molar-refractivity contribution in [3.63, 3.8) is 0 Å². The van der Waals surface area contributed by atoms with Gasteiger partial charge in [-0.3, -0.25) is 14.9 Å². The molecule has 0 atom stereocenters. The number of hydrogen-bond donors (Lipinski definition) is 2. The van der Waals surface area contributed by atoms with Gasteiger partial charge in [-0.1, -0.05) is 24.3 Å². The summed E-state index contributed by atoms with van der Waals surface area (Å²) in [5.74, 6) is -1.53. The van der Waals surface area contributed by atoms with E-state index in [2.05, 4.69) is 5.32 Å². The number of amides is 1. The predicted octanol–water partition coefficient (Wildman–Crippen LogP) is 4.10. The van der Waals surface area contributed by atoms with E-state index in [1.54, 1.807) is 24.3 Å². The minimum absolute atomic E-state index is 0.0490. The third-order valence-electron chi connectivity index (χ3n) is 4.03. The van der Waals surface area contributed by atoms with Crippen LogP contribution in [0.25, 0.3) is 17.4 Å². The molecule has 30 heavy (non-hydrogen) atoms. The Balaban J connectivity index is 1.85. The molecule has 148 valence electrons. The number of carboxylic acids is 1. The summed E-state index contributed by atoms with van der Waals surface area (Å²) in [6.45, 7) is 0. The van der Waals surface area contributed by atoms with E-state index >= 15 is 0 Å². The molecule has 0 saturated carbocycles. The average Bonchev–Trinajstić information content (AvgIpc) is 3.21. The van der Waals surface area contributed by atoms with Crippen molar-refractivity contribution in [2.24, 2.45) is 0 Å². The van der Waals surface area contributed by atoms with E-state index in [0.717, 1.165) is 0 Å². The lowest BCUT2D eigenvalue weighted by Crippen LogP contribution is -2.16. The molecule has 0 fully saturated rings. The van der Waals surface area contributed by atoms with Crippen molar-refractivity contribution < 1.29 is 24.0 Å². The highest BCUT2D eigenvalue weighted by molar-refractivity contribution is 6.11. The van der Waals surface area contributed by atoms with Crippen LogP contribution in [0.2, 0.25) is 0 Å². The van der Waals surface area contributed by atoms with Crippen LogP contribution >= 0.6 is 0 Å². The Kier molecular flexibility index (Phi) is 5.70. The van der Waals surface area contributed by atoms with Gasteiger partial charge in [0.2, 0.25) is 0 Å². The van der Waals surface area contributed by atoms with Gasteiger partial charge in [-0.05, 0) is 24.3 Å². The summed E-state index contributed by atoms with van der Waals surface area (Å²) >= 11 is 0. The maximum Gasteiger partial charge on any atom is 0.337 e. The van der Waals surface area contributed by atoms with Crippen molar-refractivity contribution in [1.82, 2.24) is 0 Å². The molecule has 2 aromatic carbocycles. The van der Waals surface area contributed by atoms with Gasteiger partial charge >= 0.3 is 5.97 Å². The first-order chi connectivity index (χ1) is 14.4. The zero-order valence-corrected chi connectivity index (χ0v) is 15.2. The van der Waals surface area contributed by atoms with Crippen LogP contribution in [0.1, 0.15) is 16.1 Å². The molecule has 0 radical (unpaired) electrons. The van der Waals surface area contributed by atoms with Gasteiger partial charge in [0.05, 0.1) is 16.2 Å². The second-order valence-electron chi connectivity index (χ2n) is 5.98. The van der Waals surface area contributed by atoms with E-state index in [1.165, 1.54) is 48.5 Å². The van der Waals surface area contributed by atoms with Crippen LogP contribution in [0.15, 0.2) is 70.7 Å². The van der Waals surface area contributed by atoms with Crippen LogP contribution in [-0.4, -0.2) is 21.9 Å². The van der Waals surface area contributed by atoms with E-state index < -0.39 is 16.8 Å². The number of furan rings is 1. The minimum atomic E-state index is -1.22. The first-order valence-electron chi connectivity index (χ1n) is 8.49. The summed E-state index contributed by atoms with van der Waals surface area (Å²) in [4.78, 5) is 34.0. The second-order valence-corrected chi connectivity index (χ2v) is 5.98. The number of benzene rings is 2. The third-order valence-corrected chi connectivity index (χ3v) is 4.03. The quantitative estimate of drug-likeness (QED) is 0.272. The van der Waals surface area contributed by atoms with Crippen molar-refractivity contribution in [3.05, 3.63) is 87.7 Å². The molecular weight excluding hydrogens is 390 g/mol. The van der Waals surface area contributed by atoms with Crippen molar-refractivity contribution in [3.8, 4) is 17.4 Å². The first-order valence-corrected chi connectivity index (χ1v) is 8.49. The monoisotopic (exact) mass is 403 g/mol. The smallest absolute Gasteiger partial charge is 0.337 e. The SMILES string of the molecule is N#C/C(=C\c1ccc(-c2cccc([N+](=O)[O-])c2)o1)C(=O)Nc1ccccc1C(=O)O. The summed E-state index contributed by atoms with van der Waals surface area (Å²) in [6.07, 6.45) is 1.19. The zero-order valence-electron chi connectivity index (χ0n) is 15.2. The Hall–Kier alpha value is -4.71. The number of rotatable bonds is 6. The molecule has 3 rings (SSSR count). The molecule has 0 aliphatic rings. The fourth-order valence-corrected chi connectivity index (χ4v) is 2.62. The number of non-ortho nitro benzene ring substituents is 1. The van der Waals surface area contributed by atoms with Crippen molar-refractivity contribution in [2.45, 2.75) is 0 Å². The first kappa shape index (κ1) is 20.0. The standard InChI is InChI=1S/C21H13N3O6/c22-12-14(20(25)23-18-7-2-1-6-17(18)21(26)27)11-16-8-9-19(30-16)13-4-3-5-15(10-13)24(28)29/h1-11H,(H,23,25)(H,26,27)/b14-11+. The minimum Gasteiger partial charge on any atom is -0.478 e. The Morgan fingerprint density at radius 1 is 1.13 bits per heavy atom. The normalized spacial score (nSPS) is 10.8. The number of carboxylic acid groups (broad SMARTS) is 1. The lowest BCUT2D eigenvalue weighted by atomic mass is 10.1. The van der Waals surface area contributed by atoms with Gasteiger partial charge in [0.1, 0.15) is 23.2 Å². The fourth-order valence-electron chi connectivity index (χ4n) is 2.62. The lowest BCUT2D eigenvalue weighted by Gasteiger charge is -2.07. The third kappa shape index (κ3) is 4.40. The maximum absolute atomic E-state index is 12.4. The predicted molar refractivity (Wildman–Crippen MR) is 106 cm³/mol. The highest BCUT2D eigenvalue weighted by Crippen LogP contribution is 2.26. The number of nitro groups is 1. The van der Waals surface area contributed by atoms with E-state index in [0.29, 0.717) is 11.3 Å². The summed E-state index contributed by atoms with van der Waals surface area (Å²) in [5.41, 5.74) is -0.0190. The van der Waals surface area contributed by atoms with Crippen LogP contribution < -0.4 is 5.32 Å². The second kappa shape index (κ2) is 8.53. The van der Waals surface area contributed by atoms with Gasteiger partial charge in [0.25, 0.3) is 11.6 Å².